The third kappa shape index (κ3) is 3.67. The number of aliphatic hydroxyl groups is 1. The summed E-state index contributed by atoms with van der Waals surface area (Å²) in [5, 5.41) is 28.2. The Morgan fingerprint density at radius 3 is 2.48 bits per heavy atom. The zero-order valence-electron chi connectivity index (χ0n) is 14.3. The number of aromatic nitrogens is 2. The largest absolute Gasteiger partial charge is 0.387 e. The predicted octanol–water partition coefficient (Wildman–Crippen LogP) is 1.31. The molecular weight excluding hydrogens is 352 g/mol. The van der Waals surface area contributed by atoms with Crippen LogP contribution in [0.1, 0.15) is 22.2 Å². The molecule has 0 saturated heterocycles. The van der Waals surface area contributed by atoms with Crippen molar-refractivity contribution in [3.05, 3.63) is 80.3 Å². The molecule has 9 heteroatoms. The van der Waals surface area contributed by atoms with Gasteiger partial charge in [0, 0.05) is 31.1 Å². The number of nitrogens with one attached hydrogen (secondary N) is 1. The Hall–Kier alpha value is -3.59. The van der Waals surface area contributed by atoms with Crippen LogP contribution in [0.25, 0.3) is 10.8 Å². The Bertz CT molecular complexity index is 1080. The molecule has 9 nitrogen and oxygen atoms in total. The van der Waals surface area contributed by atoms with Crippen LogP contribution in [0.3, 0.4) is 0 Å². The summed E-state index contributed by atoms with van der Waals surface area (Å²) in [5.41, 5.74) is 0.103. The minimum absolute atomic E-state index is 0.0728. The lowest BCUT2D eigenvalue weighted by Crippen LogP contribution is -2.32. The first-order valence-electron chi connectivity index (χ1n) is 8.05. The van der Waals surface area contributed by atoms with E-state index in [1.165, 1.54) is 31.3 Å². The van der Waals surface area contributed by atoms with Crippen LogP contribution in [0.2, 0.25) is 0 Å². The molecule has 0 unspecified atom stereocenters. The summed E-state index contributed by atoms with van der Waals surface area (Å²) in [6.45, 7) is -0.116. The standard InChI is InChI=1S/C18H16N4O5/c1-21-18(25)14-5-3-2-4-13(14)16(20-21)17(24)19-10-15(23)11-6-8-12(9-7-11)22(26)27/h2-9,15,23H,10H2,1H3,(H,19,24)/t15-/m1/s1. The molecule has 0 bridgehead atoms. The SMILES string of the molecule is Cn1nc(C(=O)NC[C@@H](O)c2ccc([N+](=O)[O-])cc2)c2ccccc2c1=O. The van der Waals surface area contributed by atoms with Crippen LogP contribution >= 0.6 is 0 Å². The van der Waals surface area contributed by atoms with Crippen LogP contribution in [-0.2, 0) is 7.05 Å². The fourth-order valence-corrected chi connectivity index (χ4v) is 2.68. The quantitative estimate of drug-likeness (QED) is 0.516. The third-order valence-corrected chi connectivity index (χ3v) is 4.12. The average Bonchev–Trinajstić information content (AvgIpc) is 2.68. The summed E-state index contributed by atoms with van der Waals surface area (Å²) in [5.74, 6) is -0.539. The molecule has 2 aromatic carbocycles. The normalized spacial score (nSPS) is 11.9. The van der Waals surface area contributed by atoms with Crippen LogP contribution in [0, 0.1) is 10.1 Å². The van der Waals surface area contributed by atoms with Crippen LogP contribution in [0.5, 0.6) is 0 Å². The van der Waals surface area contributed by atoms with Crippen LogP contribution in [0.4, 0.5) is 5.69 Å². The number of non-ortho nitro benzene ring substituents is 1. The van der Waals surface area contributed by atoms with Crippen LogP contribution in [-0.4, -0.2) is 32.3 Å². The van der Waals surface area contributed by atoms with E-state index in [9.17, 15) is 24.8 Å². The molecule has 1 heterocycles. The van der Waals surface area contributed by atoms with E-state index in [0.29, 0.717) is 16.3 Å². The monoisotopic (exact) mass is 368 g/mol. The van der Waals surface area contributed by atoms with Gasteiger partial charge in [0.2, 0.25) is 0 Å². The molecule has 0 aliphatic rings. The number of rotatable bonds is 5. The molecule has 0 aliphatic carbocycles. The van der Waals surface area contributed by atoms with Crippen molar-refractivity contribution < 1.29 is 14.8 Å². The number of hydrogen-bond donors (Lipinski definition) is 2. The van der Waals surface area contributed by atoms with Gasteiger partial charge >= 0.3 is 0 Å². The van der Waals surface area contributed by atoms with Crippen molar-refractivity contribution >= 4 is 22.4 Å². The van der Waals surface area contributed by atoms with Crippen LogP contribution in [0.15, 0.2) is 53.3 Å². The number of nitro benzene ring substituents is 1. The highest BCUT2D eigenvalue weighted by Crippen LogP contribution is 2.18. The van der Waals surface area contributed by atoms with E-state index in [1.54, 1.807) is 24.3 Å². The van der Waals surface area contributed by atoms with Crippen molar-refractivity contribution in [3.63, 3.8) is 0 Å². The Kier molecular flexibility index (Phi) is 4.95. The van der Waals surface area contributed by atoms with E-state index in [2.05, 4.69) is 10.4 Å². The van der Waals surface area contributed by atoms with E-state index >= 15 is 0 Å². The highest BCUT2D eigenvalue weighted by atomic mass is 16.6. The summed E-state index contributed by atoms with van der Waals surface area (Å²) in [7, 11) is 1.46. The molecule has 3 rings (SSSR count). The smallest absolute Gasteiger partial charge is 0.274 e. The maximum absolute atomic E-state index is 12.5. The van der Waals surface area contributed by atoms with Gasteiger partial charge in [-0.05, 0) is 23.8 Å². The molecule has 3 aromatic rings. The van der Waals surface area contributed by atoms with Gasteiger partial charge in [-0.25, -0.2) is 4.68 Å². The lowest BCUT2D eigenvalue weighted by molar-refractivity contribution is -0.384. The number of carbonyl (C=O) groups excluding carboxylic acids is 1. The number of fused-ring (bicyclic) bond motifs is 1. The highest BCUT2D eigenvalue weighted by molar-refractivity contribution is 6.04. The topological polar surface area (TPSA) is 127 Å². The van der Waals surface area contributed by atoms with Crippen molar-refractivity contribution in [1.29, 1.82) is 0 Å². The Morgan fingerprint density at radius 1 is 1.22 bits per heavy atom. The number of nitrogens with zero attached hydrogens (tertiary/aromatic N) is 3. The molecule has 27 heavy (non-hydrogen) atoms. The number of amides is 1. The van der Waals surface area contributed by atoms with Gasteiger partial charge in [0.25, 0.3) is 17.2 Å². The molecule has 0 radical (unpaired) electrons. The van der Waals surface area contributed by atoms with Gasteiger partial charge in [-0.2, -0.15) is 5.10 Å². The lowest BCUT2D eigenvalue weighted by atomic mass is 10.1. The molecule has 1 aromatic heterocycles. The fourth-order valence-electron chi connectivity index (χ4n) is 2.68. The third-order valence-electron chi connectivity index (χ3n) is 4.12. The van der Waals surface area contributed by atoms with E-state index in [4.69, 9.17) is 0 Å². The number of hydrogen-bond acceptors (Lipinski definition) is 6. The Balaban J connectivity index is 1.78. The van der Waals surface area contributed by atoms with Crippen molar-refractivity contribution in [2.24, 2.45) is 7.05 Å². The van der Waals surface area contributed by atoms with Gasteiger partial charge in [-0.3, -0.25) is 19.7 Å². The van der Waals surface area contributed by atoms with Gasteiger partial charge in [0.1, 0.15) is 0 Å². The fraction of sp³-hybridized carbons (Fsp3) is 0.167. The molecular formula is C18H16N4O5. The summed E-state index contributed by atoms with van der Waals surface area (Å²) < 4.78 is 1.09. The Morgan fingerprint density at radius 2 is 1.85 bits per heavy atom. The van der Waals surface area contributed by atoms with E-state index in [-0.39, 0.29) is 23.5 Å². The summed E-state index contributed by atoms with van der Waals surface area (Å²) in [6, 6.07) is 12.1. The predicted molar refractivity (Wildman–Crippen MR) is 97.4 cm³/mol. The second-order valence-electron chi connectivity index (χ2n) is 5.90. The molecule has 0 fully saturated rings. The van der Waals surface area contributed by atoms with Crippen molar-refractivity contribution in [1.82, 2.24) is 15.1 Å². The lowest BCUT2D eigenvalue weighted by Gasteiger charge is -2.13. The average molecular weight is 368 g/mol. The van der Waals surface area contributed by atoms with Crippen molar-refractivity contribution in [2.75, 3.05) is 6.54 Å². The second kappa shape index (κ2) is 7.34. The second-order valence-corrected chi connectivity index (χ2v) is 5.90. The molecule has 0 saturated carbocycles. The number of aliphatic hydroxyl groups excluding tert-OH is 1. The zero-order chi connectivity index (χ0) is 19.6. The van der Waals surface area contributed by atoms with Gasteiger partial charge in [0.15, 0.2) is 5.69 Å². The summed E-state index contributed by atoms with van der Waals surface area (Å²) in [4.78, 5) is 34.8. The van der Waals surface area contributed by atoms with Crippen molar-refractivity contribution in [3.8, 4) is 0 Å². The summed E-state index contributed by atoms with van der Waals surface area (Å²) in [6.07, 6.45) is -1.05. The van der Waals surface area contributed by atoms with Gasteiger partial charge in [-0.15, -0.1) is 0 Å². The number of carbonyl (C=O) groups is 1. The minimum atomic E-state index is -1.05. The molecule has 1 amide bonds. The van der Waals surface area contributed by atoms with Gasteiger partial charge in [-0.1, -0.05) is 18.2 Å². The zero-order valence-corrected chi connectivity index (χ0v) is 14.3. The van der Waals surface area contributed by atoms with Gasteiger partial charge in [0.05, 0.1) is 16.4 Å². The first kappa shape index (κ1) is 18.2. The highest BCUT2D eigenvalue weighted by Gasteiger charge is 2.17. The summed E-state index contributed by atoms with van der Waals surface area (Å²) >= 11 is 0. The van der Waals surface area contributed by atoms with E-state index in [0.717, 1.165) is 4.68 Å². The number of nitro groups is 1. The first-order valence-corrected chi connectivity index (χ1v) is 8.05. The maximum Gasteiger partial charge on any atom is 0.274 e. The van der Waals surface area contributed by atoms with E-state index < -0.39 is 16.9 Å². The molecule has 0 spiro atoms. The maximum atomic E-state index is 12.5. The van der Waals surface area contributed by atoms with Crippen molar-refractivity contribution in [2.45, 2.75) is 6.10 Å². The van der Waals surface area contributed by atoms with Gasteiger partial charge < -0.3 is 10.4 Å². The molecule has 2 N–H and O–H groups in total. The first-order chi connectivity index (χ1) is 12.9. The molecule has 1 atom stereocenters. The molecule has 0 aliphatic heterocycles. The molecule has 138 valence electrons. The number of aryl methyl sites for hydroxylation is 1. The number of benzene rings is 2. The van der Waals surface area contributed by atoms with E-state index in [1.807, 2.05) is 0 Å². The minimum Gasteiger partial charge on any atom is -0.387 e. The Labute approximate surface area is 153 Å². The van der Waals surface area contributed by atoms with Crippen LogP contribution < -0.4 is 10.9 Å².